The standard InChI is InChI=1S/C34H54O6Si/c1-24-19-29(35)31(38-23-36-7)27-16-15-26(33(27,5)6)20-28(24)34(39-21-25-13-11-10-12-14-25)22-37-30(34)17-18-40-41(8,9)32(2,3)4/h10-14,20,24,27-28,30-31H,15-19,21-23H2,1-9H3/b26-20-/t24-,27+,28-,30+,31+,34+/m0/s1. The van der Waals surface area contributed by atoms with Gasteiger partial charge in [0, 0.05) is 32.0 Å². The summed E-state index contributed by atoms with van der Waals surface area (Å²) in [5.74, 6) is 0.415. The van der Waals surface area contributed by atoms with Gasteiger partial charge in [-0.1, -0.05) is 83.5 Å². The van der Waals surface area contributed by atoms with Crippen LogP contribution < -0.4 is 0 Å². The van der Waals surface area contributed by atoms with E-state index in [-0.39, 0.29) is 46.9 Å². The molecule has 4 rings (SSSR count). The number of hydrogen-bond donors (Lipinski definition) is 0. The topological polar surface area (TPSA) is 63.2 Å². The van der Waals surface area contributed by atoms with Crippen LogP contribution in [0.5, 0.6) is 0 Å². The molecule has 2 bridgehead atoms. The molecule has 1 heterocycles. The molecule has 0 amide bonds. The molecule has 0 aromatic heterocycles. The van der Waals surface area contributed by atoms with Gasteiger partial charge in [0.05, 0.1) is 19.3 Å². The number of carbonyl (C=O) groups is 1. The molecule has 0 N–H and O–H groups in total. The third kappa shape index (κ3) is 6.76. The lowest BCUT2D eigenvalue weighted by atomic mass is 9.69. The summed E-state index contributed by atoms with van der Waals surface area (Å²) in [6.45, 7) is 20.0. The van der Waals surface area contributed by atoms with E-state index >= 15 is 0 Å². The Morgan fingerprint density at radius 2 is 1.83 bits per heavy atom. The highest BCUT2D eigenvalue weighted by molar-refractivity contribution is 6.74. The lowest BCUT2D eigenvalue weighted by Crippen LogP contribution is -2.65. The van der Waals surface area contributed by atoms with E-state index in [1.807, 2.05) is 6.07 Å². The van der Waals surface area contributed by atoms with E-state index in [2.05, 4.69) is 85.0 Å². The first-order chi connectivity index (χ1) is 19.2. The third-order valence-electron chi connectivity index (χ3n) is 10.7. The van der Waals surface area contributed by atoms with Crippen molar-refractivity contribution in [2.45, 2.75) is 110 Å². The molecule has 1 aliphatic heterocycles. The van der Waals surface area contributed by atoms with Gasteiger partial charge in [-0.05, 0) is 54.3 Å². The lowest BCUT2D eigenvalue weighted by Gasteiger charge is -2.54. The Kier molecular flexibility index (Phi) is 10.1. The number of hydrogen-bond acceptors (Lipinski definition) is 6. The molecule has 0 unspecified atom stereocenters. The van der Waals surface area contributed by atoms with Crippen LogP contribution in [0.2, 0.25) is 18.1 Å². The normalized spacial score (nSPS) is 33.3. The van der Waals surface area contributed by atoms with Crippen LogP contribution in [-0.2, 0) is 34.8 Å². The van der Waals surface area contributed by atoms with E-state index in [0.29, 0.717) is 26.2 Å². The fourth-order valence-corrected chi connectivity index (χ4v) is 7.92. The molecule has 7 heteroatoms. The fourth-order valence-electron chi connectivity index (χ4n) is 6.86. The quantitative estimate of drug-likeness (QED) is 0.154. The Hall–Kier alpha value is -1.35. The molecule has 1 saturated carbocycles. The first-order valence-electron chi connectivity index (χ1n) is 15.5. The first kappa shape index (κ1) is 32.6. The molecule has 41 heavy (non-hydrogen) atoms. The van der Waals surface area contributed by atoms with Crippen molar-refractivity contribution in [2.24, 2.45) is 23.2 Å². The van der Waals surface area contributed by atoms with Gasteiger partial charge in [-0.2, -0.15) is 0 Å². The number of Topliss-reactive ketones (excluding diaryl/α,β-unsaturated/α-hetero) is 1. The summed E-state index contributed by atoms with van der Waals surface area (Å²) in [7, 11) is -0.274. The van der Waals surface area contributed by atoms with Crippen LogP contribution >= 0.6 is 0 Å². The van der Waals surface area contributed by atoms with Gasteiger partial charge < -0.3 is 23.4 Å². The molecule has 0 spiro atoms. The monoisotopic (exact) mass is 586 g/mol. The summed E-state index contributed by atoms with van der Waals surface area (Å²) in [5, 5.41) is 0.150. The van der Waals surface area contributed by atoms with Crippen LogP contribution in [0.15, 0.2) is 42.0 Å². The number of fused-ring (bicyclic) bond motifs is 2. The van der Waals surface area contributed by atoms with Crippen LogP contribution in [0.1, 0.15) is 72.8 Å². The highest BCUT2D eigenvalue weighted by Crippen LogP contribution is 2.54. The van der Waals surface area contributed by atoms with Crippen LogP contribution in [0.4, 0.5) is 0 Å². The van der Waals surface area contributed by atoms with E-state index in [0.717, 1.165) is 24.8 Å². The van der Waals surface area contributed by atoms with Crippen molar-refractivity contribution >= 4 is 14.1 Å². The van der Waals surface area contributed by atoms with Crippen LogP contribution in [0.25, 0.3) is 0 Å². The number of ether oxygens (including phenoxy) is 4. The smallest absolute Gasteiger partial charge is 0.191 e. The average Bonchev–Trinajstić information content (AvgIpc) is 3.19. The van der Waals surface area contributed by atoms with Crippen molar-refractivity contribution < 1.29 is 28.2 Å². The maximum absolute atomic E-state index is 13.8. The highest BCUT2D eigenvalue weighted by atomic mass is 28.4. The summed E-state index contributed by atoms with van der Waals surface area (Å²) < 4.78 is 31.2. The minimum Gasteiger partial charge on any atom is -0.417 e. The van der Waals surface area contributed by atoms with Gasteiger partial charge in [0.25, 0.3) is 0 Å². The second-order valence-electron chi connectivity index (χ2n) is 14.7. The Morgan fingerprint density at radius 3 is 2.44 bits per heavy atom. The molecule has 6 nitrogen and oxygen atoms in total. The average molecular weight is 587 g/mol. The molecule has 0 radical (unpaired) electrons. The van der Waals surface area contributed by atoms with Gasteiger partial charge in [0.2, 0.25) is 0 Å². The Morgan fingerprint density at radius 1 is 1.12 bits per heavy atom. The van der Waals surface area contributed by atoms with Gasteiger partial charge >= 0.3 is 0 Å². The zero-order valence-corrected chi connectivity index (χ0v) is 28.0. The van der Waals surface area contributed by atoms with Crippen molar-refractivity contribution in [1.29, 1.82) is 0 Å². The van der Waals surface area contributed by atoms with Crippen molar-refractivity contribution in [2.75, 3.05) is 27.1 Å². The Labute approximate surface area is 249 Å². The Balaban J connectivity index is 1.66. The molecular formula is C34H54O6Si. The second kappa shape index (κ2) is 12.7. The summed E-state index contributed by atoms with van der Waals surface area (Å²) in [6, 6.07) is 10.4. The summed E-state index contributed by atoms with van der Waals surface area (Å²) in [6.07, 6.45) is 5.05. The van der Waals surface area contributed by atoms with Gasteiger partial charge in [-0.15, -0.1) is 0 Å². The van der Waals surface area contributed by atoms with Gasteiger partial charge in [-0.25, -0.2) is 0 Å². The zero-order chi connectivity index (χ0) is 30.1. The van der Waals surface area contributed by atoms with Crippen LogP contribution in [0.3, 0.4) is 0 Å². The summed E-state index contributed by atoms with van der Waals surface area (Å²) in [4.78, 5) is 13.8. The van der Waals surface area contributed by atoms with Crippen molar-refractivity contribution in [3.8, 4) is 0 Å². The maximum atomic E-state index is 13.8. The van der Waals surface area contributed by atoms with Gasteiger partial charge in [-0.3, -0.25) is 4.79 Å². The number of carbonyl (C=O) groups excluding carboxylic acids is 1. The first-order valence-corrected chi connectivity index (χ1v) is 18.4. The van der Waals surface area contributed by atoms with E-state index in [4.69, 9.17) is 23.4 Å². The minimum atomic E-state index is -1.89. The molecule has 230 valence electrons. The molecule has 2 aliphatic carbocycles. The number of ketones is 1. The van der Waals surface area contributed by atoms with Crippen molar-refractivity contribution in [3.05, 3.63) is 47.5 Å². The van der Waals surface area contributed by atoms with E-state index in [1.54, 1.807) is 7.11 Å². The van der Waals surface area contributed by atoms with E-state index in [9.17, 15) is 4.79 Å². The fraction of sp³-hybridized carbons (Fsp3) is 0.735. The SMILES string of the molecule is COCO[C@H]1C(=O)C[C@H](C)[C@@H]([C@]2(OCc3ccccc3)CO[C@@H]2CCO[Si](C)(C)C(C)(C)C)/C=C2/CC[C@H]1C2(C)C. The minimum absolute atomic E-state index is 0.0379. The predicted molar refractivity (Wildman–Crippen MR) is 165 cm³/mol. The number of methoxy groups -OCH3 is 1. The summed E-state index contributed by atoms with van der Waals surface area (Å²) in [5.41, 5.74) is 1.87. The second-order valence-corrected chi connectivity index (χ2v) is 19.5. The molecule has 3 aliphatic rings. The molecule has 1 saturated heterocycles. The van der Waals surface area contributed by atoms with Crippen LogP contribution in [0, 0.1) is 23.2 Å². The summed E-state index contributed by atoms with van der Waals surface area (Å²) >= 11 is 0. The lowest BCUT2D eigenvalue weighted by molar-refractivity contribution is -0.291. The van der Waals surface area contributed by atoms with Crippen molar-refractivity contribution in [1.82, 2.24) is 0 Å². The van der Waals surface area contributed by atoms with Gasteiger partial charge in [0.15, 0.2) is 14.1 Å². The zero-order valence-electron chi connectivity index (χ0n) is 27.0. The van der Waals surface area contributed by atoms with Crippen molar-refractivity contribution in [3.63, 3.8) is 0 Å². The van der Waals surface area contributed by atoms with E-state index < -0.39 is 20.0 Å². The maximum Gasteiger partial charge on any atom is 0.191 e. The molecule has 2 fully saturated rings. The third-order valence-corrected chi connectivity index (χ3v) is 15.2. The highest BCUT2D eigenvalue weighted by Gasteiger charge is 2.58. The molecule has 1 aromatic carbocycles. The number of rotatable bonds is 11. The molecule has 1 aromatic rings. The predicted octanol–water partition coefficient (Wildman–Crippen LogP) is 7.33. The Bertz CT molecular complexity index is 1060. The number of benzene rings is 1. The molecule has 6 atom stereocenters. The van der Waals surface area contributed by atoms with E-state index in [1.165, 1.54) is 5.57 Å². The largest absolute Gasteiger partial charge is 0.417 e. The van der Waals surface area contributed by atoms with Crippen LogP contribution in [-0.4, -0.2) is 59.0 Å². The number of allylic oxidation sites excluding steroid dienone is 1. The molecular weight excluding hydrogens is 532 g/mol. The van der Waals surface area contributed by atoms with Gasteiger partial charge in [0.1, 0.15) is 18.5 Å².